The Morgan fingerprint density at radius 1 is 1.21 bits per heavy atom. The first-order valence-electron chi connectivity index (χ1n) is 9.01. The molecule has 2 aromatic rings. The molecule has 158 valence electrons. The second kappa shape index (κ2) is 11.3. The Morgan fingerprint density at radius 2 is 1.93 bits per heavy atom. The number of nitrogens with zero attached hydrogens (tertiary/aromatic N) is 1. The van der Waals surface area contributed by atoms with Gasteiger partial charge in [0, 0.05) is 17.3 Å². The molecule has 0 bridgehead atoms. The van der Waals surface area contributed by atoms with E-state index in [0.29, 0.717) is 17.3 Å². The van der Waals surface area contributed by atoms with Gasteiger partial charge >= 0.3 is 0 Å². The zero-order valence-corrected chi connectivity index (χ0v) is 18.8. The number of halogens is 1. The summed E-state index contributed by atoms with van der Waals surface area (Å²) in [4.78, 5) is 12.3. The summed E-state index contributed by atoms with van der Waals surface area (Å²) < 4.78 is 30.7. The van der Waals surface area contributed by atoms with Crippen LogP contribution in [0.15, 0.2) is 48.5 Å². The fourth-order valence-corrected chi connectivity index (χ4v) is 4.53. The van der Waals surface area contributed by atoms with E-state index >= 15 is 0 Å². The fraction of sp³-hybridized carbons (Fsp3) is 0.350. The maximum absolute atomic E-state index is 12.3. The molecule has 9 heteroatoms. The third kappa shape index (κ3) is 7.79. The third-order valence-corrected chi connectivity index (χ3v) is 6.47. The SMILES string of the molecule is COc1ccc(Cl)cc1N(CC(=O)NCCCSCc1ccccc1)S(C)(=O)=O. The van der Waals surface area contributed by atoms with Gasteiger partial charge in [-0.2, -0.15) is 11.8 Å². The van der Waals surface area contributed by atoms with Gasteiger partial charge in [0.1, 0.15) is 12.3 Å². The molecule has 0 aromatic heterocycles. The summed E-state index contributed by atoms with van der Waals surface area (Å²) in [7, 11) is -2.27. The van der Waals surface area contributed by atoms with Crippen molar-refractivity contribution in [2.24, 2.45) is 0 Å². The number of carbonyl (C=O) groups is 1. The van der Waals surface area contributed by atoms with Crippen LogP contribution in [-0.4, -0.2) is 46.5 Å². The fourth-order valence-electron chi connectivity index (χ4n) is 2.59. The molecular formula is C20H25ClN2O4S2. The molecule has 0 aliphatic heterocycles. The first-order chi connectivity index (χ1) is 13.8. The quantitative estimate of drug-likeness (QED) is 0.523. The normalized spacial score (nSPS) is 11.1. The number of benzene rings is 2. The molecule has 0 saturated heterocycles. The molecule has 0 heterocycles. The number of hydrogen-bond acceptors (Lipinski definition) is 5. The van der Waals surface area contributed by atoms with E-state index in [9.17, 15) is 13.2 Å². The van der Waals surface area contributed by atoms with Crippen molar-refractivity contribution in [3.05, 3.63) is 59.1 Å². The van der Waals surface area contributed by atoms with Gasteiger partial charge in [0.2, 0.25) is 15.9 Å². The highest BCUT2D eigenvalue weighted by Gasteiger charge is 2.24. The van der Waals surface area contributed by atoms with Gasteiger partial charge in [-0.25, -0.2) is 8.42 Å². The Kier molecular flexibility index (Phi) is 9.13. The monoisotopic (exact) mass is 456 g/mol. The third-order valence-electron chi connectivity index (χ3n) is 4.00. The molecule has 29 heavy (non-hydrogen) atoms. The van der Waals surface area contributed by atoms with Gasteiger partial charge in [-0.05, 0) is 35.9 Å². The lowest BCUT2D eigenvalue weighted by atomic mass is 10.2. The summed E-state index contributed by atoms with van der Waals surface area (Å²) in [5, 5.41) is 3.13. The molecule has 1 amide bonds. The van der Waals surface area contributed by atoms with E-state index in [2.05, 4.69) is 17.4 Å². The molecule has 0 radical (unpaired) electrons. The number of rotatable bonds is 11. The highest BCUT2D eigenvalue weighted by atomic mass is 35.5. The summed E-state index contributed by atoms with van der Waals surface area (Å²) in [6.45, 7) is 0.137. The molecule has 0 spiro atoms. The van der Waals surface area contributed by atoms with Crippen LogP contribution < -0.4 is 14.4 Å². The second-order valence-corrected chi connectivity index (χ2v) is 9.78. The Labute approximate surface area is 181 Å². The molecule has 0 saturated carbocycles. The van der Waals surface area contributed by atoms with Crippen LogP contribution in [0.2, 0.25) is 5.02 Å². The minimum atomic E-state index is -3.70. The Bertz CT molecular complexity index is 908. The van der Waals surface area contributed by atoms with Gasteiger partial charge in [0.05, 0.1) is 19.1 Å². The van der Waals surface area contributed by atoms with Crippen LogP contribution in [0.25, 0.3) is 0 Å². The van der Waals surface area contributed by atoms with Crippen molar-refractivity contribution in [1.82, 2.24) is 5.32 Å². The zero-order chi connectivity index (χ0) is 21.3. The minimum absolute atomic E-state index is 0.232. The lowest BCUT2D eigenvalue weighted by molar-refractivity contribution is -0.119. The molecule has 2 rings (SSSR count). The van der Waals surface area contributed by atoms with Crippen molar-refractivity contribution in [3.8, 4) is 5.75 Å². The lowest BCUT2D eigenvalue weighted by Crippen LogP contribution is -2.40. The average molecular weight is 457 g/mol. The highest BCUT2D eigenvalue weighted by Crippen LogP contribution is 2.32. The maximum Gasteiger partial charge on any atom is 0.240 e. The number of anilines is 1. The molecule has 0 aliphatic rings. The Hall–Kier alpha value is -1.90. The lowest BCUT2D eigenvalue weighted by Gasteiger charge is -2.24. The first-order valence-corrected chi connectivity index (χ1v) is 12.4. The van der Waals surface area contributed by atoms with E-state index < -0.39 is 10.0 Å². The van der Waals surface area contributed by atoms with Crippen molar-refractivity contribution in [1.29, 1.82) is 0 Å². The van der Waals surface area contributed by atoms with Crippen LogP contribution in [0.5, 0.6) is 5.75 Å². The van der Waals surface area contributed by atoms with Crippen molar-refractivity contribution in [3.63, 3.8) is 0 Å². The number of thioether (sulfide) groups is 1. The molecule has 0 atom stereocenters. The topological polar surface area (TPSA) is 75.7 Å². The molecule has 1 N–H and O–H groups in total. The number of hydrogen-bond donors (Lipinski definition) is 1. The molecule has 2 aromatic carbocycles. The zero-order valence-electron chi connectivity index (χ0n) is 16.4. The molecular weight excluding hydrogens is 432 g/mol. The smallest absolute Gasteiger partial charge is 0.240 e. The standard InChI is InChI=1S/C20H25ClN2O4S2/c1-27-19-10-9-17(21)13-18(19)23(29(2,25)26)14-20(24)22-11-6-12-28-15-16-7-4-3-5-8-16/h3-5,7-10,13H,6,11-12,14-15H2,1-2H3,(H,22,24). The van der Waals surface area contributed by atoms with Crippen LogP contribution >= 0.6 is 23.4 Å². The predicted octanol–water partition coefficient (Wildman–Crippen LogP) is 3.55. The summed E-state index contributed by atoms with van der Waals surface area (Å²) in [6, 6.07) is 14.8. The van der Waals surface area contributed by atoms with Gasteiger partial charge in [-0.15, -0.1) is 0 Å². The number of sulfonamides is 1. The summed E-state index contributed by atoms with van der Waals surface area (Å²) in [5.41, 5.74) is 1.50. The first kappa shape index (κ1) is 23.4. The number of carbonyl (C=O) groups excluding carboxylic acids is 1. The van der Waals surface area contributed by atoms with Crippen LogP contribution in [0, 0.1) is 0 Å². The van der Waals surface area contributed by atoms with Crippen molar-refractivity contribution in [2.45, 2.75) is 12.2 Å². The number of methoxy groups -OCH3 is 1. The van der Waals surface area contributed by atoms with E-state index in [-0.39, 0.29) is 18.1 Å². The molecule has 0 unspecified atom stereocenters. The van der Waals surface area contributed by atoms with Gasteiger partial charge in [0.15, 0.2) is 0 Å². The van der Waals surface area contributed by atoms with Gasteiger partial charge in [0.25, 0.3) is 0 Å². The van der Waals surface area contributed by atoms with Crippen molar-refractivity contribution < 1.29 is 17.9 Å². The van der Waals surface area contributed by atoms with Crippen LogP contribution in [0.3, 0.4) is 0 Å². The number of amides is 1. The largest absolute Gasteiger partial charge is 0.495 e. The van der Waals surface area contributed by atoms with Crippen LogP contribution in [0.1, 0.15) is 12.0 Å². The van der Waals surface area contributed by atoms with Gasteiger partial charge < -0.3 is 10.1 Å². The van der Waals surface area contributed by atoms with E-state index in [1.165, 1.54) is 18.7 Å². The predicted molar refractivity (Wildman–Crippen MR) is 120 cm³/mol. The molecule has 6 nitrogen and oxygen atoms in total. The van der Waals surface area contributed by atoms with E-state index in [1.54, 1.807) is 23.9 Å². The highest BCUT2D eigenvalue weighted by molar-refractivity contribution is 7.98. The van der Waals surface area contributed by atoms with E-state index in [4.69, 9.17) is 16.3 Å². The summed E-state index contributed by atoms with van der Waals surface area (Å²) in [5.74, 6) is 1.76. The summed E-state index contributed by atoms with van der Waals surface area (Å²) in [6.07, 6.45) is 1.84. The van der Waals surface area contributed by atoms with Crippen LogP contribution in [0.4, 0.5) is 5.69 Å². The Balaban J connectivity index is 1.85. The summed E-state index contributed by atoms with van der Waals surface area (Å²) >= 11 is 7.79. The van der Waals surface area contributed by atoms with E-state index in [0.717, 1.165) is 28.5 Å². The van der Waals surface area contributed by atoms with Crippen molar-refractivity contribution in [2.75, 3.05) is 36.5 Å². The van der Waals surface area contributed by atoms with Crippen molar-refractivity contribution >= 4 is 45.0 Å². The Morgan fingerprint density at radius 3 is 2.59 bits per heavy atom. The number of ether oxygens (including phenoxy) is 1. The minimum Gasteiger partial charge on any atom is -0.495 e. The van der Waals surface area contributed by atoms with Gasteiger partial charge in [-0.3, -0.25) is 9.10 Å². The number of nitrogens with one attached hydrogen (secondary N) is 1. The average Bonchev–Trinajstić information content (AvgIpc) is 2.68. The maximum atomic E-state index is 12.3. The van der Waals surface area contributed by atoms with Gasteiger partial charge in [-0.1, -0.05) is 41.9 Å². The molecule has 0 aliphatic carbocycles. The van der Waals surface area contributed by atoms with E-state index in [1.807, 2.05) is 18.2 Å². The molecule has 0 fully saturated rings. The second-order valence-electron chi connectivity index (χ2n) is 6.33. The van der Waals surface area contributed by atoms with Crippen LogP contribution in [-0.2, 0) is 20.6 Å².